The summed E-state index contributed by atoms with van der Waals surface area (Å²) in [5, 5.41) is 0.487. The number of nitrogens with one attached hydrogen (secondary N) is 2. The van der Waals surface area contributed by atoms with Crippen molar-refractivity contribution >= 4 is 22.6 Å². The van der Waals surface area contributed by atoms with Crippen molar-refractivity contribution in [3.05, 3.63) is 62.4 Å². The van der Waals surface area contributed by atoms with E-state index < -0.39 is 11.1 Å². The van der Waals surface area contributed by atoms with E-state index in [1.807, 2.05) is 29.1 Å². The Hall–Kier alpha value is -2.27. The van der Waals surface area contributed by atoms with E-state index in [0.29, 0.717) is 16.1 Å². The minimum absolute atomic E-state index is 0.487. The third-order valence-electron chi connectivity index (χ3n) is 2.67. The van der Waals surface area contributed by atoms with Gasteiger partial charge in [-0.25, -0.2) is 0 Å². The third-order valence-corrected chi connectivity index (χ3v) is 2.97. The van der Waals surface area contributed by atoms with E-state index in [4.69, 9.17) is 11.6 Å². The summed E-state index contributed by atoms with van der Waals surface area (Å²) in [5.74, 6) is 0. The van der Waals surface area contributed by atoms with Crippen LogP contribution in [0.25, 0.3) is 16.7 Å². The van der Waals surface area contributed by atoms with Gasteiger partial charge in [-0.3, -0.25) is 9.59 Å². The van der Waals surface area contributed by atoms with Gasteiger partial charge in [-0.1, -0.05) is 11.6 Å². The first-order valence-electron chi connectivity index (χ1n) is 5.24. The van der Waals surface area contributed by atoms with Crippen molar-refractivity contribution in [1.29, 1.82) is 0 Å². The fraction of sp³-hybridized carbons (Fsp3) is 0. The van der Waals surface area contributed by atoms with E-state index in [-0.39, 0.29) is 0 Å². The van der Waals surface area contributed by atoms with Gasteiger partial charge in [-0.15, -0.1) is 0 Å². The summed E-state index contributed by atoms with van der Waals surface area (Å²) in [6.45, 7) is 0. The molecular formula is C12H8ClN3O2. The monoisotopic (exact) mass is 261 g/mol. The highest BCUT2D eigenvalue weighted by Gasteiger charge is 2.06. The highest BCUT2D eigenvalue weighted by Crippen LogP contribution is 2.24. The second kappa shape index (κ2) is 3.89. The maximum absolute atomic E-state index is 11.3. The first kappa shape index (κ1) is 10.9. The molecule has 0 fully saturated rings. The Balaban J connectivity index is 2.37. The molecule has 0 unspecified atom stereocenters. The van der Waals surface area contributed by atoms with Crippen LogP contribution >= 0.6 is 11.6 Å². The van der Waals surface area contributed by atoms with Crippen molar-refractivity contribution in [2.24, 2.45) is 0 Å². The molecule has 3 aromatic rings. The molecule has 0 aliphatic carbocycles. The van der Waals surface area contributed by atoms with Crippen LogP contribution in [0.2, 0.25) is 5.02 Å². The van der Waals surface area contributed by atoms with Crippen LogP contribution in [0, 0.1) is 0 Å². The third kappa shape index (κ3) is 1.65. The molecule has 1 aromatic carbocycles. The molecule has 0 saturated heterocycles. The summed E-state index contributed by atoms with van der Waals surface area (Å²) in [5.41, 5.74) is 0.403. The van der Waals surface area contributed by atoms with Gasteiger partial charge in [0.15, 0.2) is 0 Å². The van der Waals surface area contributed by atoms with Gasteiger partial charge in [-0.05, 0) is 24.3 Å². The van der Waals surface area contributed by atoms with Crippen LogP contribution in [0.1, 0.15) is 0 Å². The number of nitrogens with zero attached hydrogens (tertiary/aromatic N) is 1. The van der Waals surface area contributed by atoms with Gasteiger partial charge < -0.3 is 14.5 Å². The van der Waals surface area contributed by atoms with Crippen LogP contribution in [-0.2, 0) is 0 Å². The van der Waals surface area contributed by atoms with Crippen molar-refractivity contribution in [1.82, 2.24) is 14.5 Å². The number of rotatable bonds is 1. The Labute approximate surface area is 106 Å². The highest BCUT2D eigenvalue weighted by molar-refractivity contribution is 6.33. The van der Waals surface area contributed by atoms with E-state index >= 15 is 0 Å². The lowest BCUT2D eigenvalue weighted by Gasteiger charge is -2.07. The van der Waals surface area contributed by atoms with Crippen molar-refractivity contribution in [3.63, 3.8) is 0 Å². The summed E-state index contributed by atoms with van der Waals surface area (Å²) in [6.07, 6.45) is 3.69. The molecule has 2 aromatic heterocycles. The predicted molar refractivity (Wildman–Crippen MR) is 69.5 cm³/mol. The van der Waals surface area contributed by atoms with Crippen LogP contribution in [-0.4, -0.2) is 14.5 Å². The van der Waals surface area contributed by atoms with Crippen molar-refractivity contribution in [2.45, 2.75) is 0 Å². The first-order valence-corrected chi connectivity index (χ1v) is 5.62. The zero-order chi connectivity index (χ0) is 12.7. The Morgan fingerprint density at radius 1 is 0.944 bits per heavy atom. The summed E-state index contributed by atoms with van der Waals surface area (Å²) < 4.78 is 1.82. The fourth-order valence-corrected chi connectivity index (χ4v) is 2.08. The summed E-state index contributed by atoms with van der Waals surface area (Å²) in [7, 11) is 0. The molecule has 18 heavy (non-hydrogen) atoms. The van der Waals surface area contributed by atoms with E-state index in [9.17, 15) is 9.59 Å². The molecule has 0 atom stereocenters. The number of H-pyrrole nitrogens is 2. The molecule has 90 valence electrons. The number of hydrogen-bond donors (Lipinski definition) is 2. The van der Waals surface area contributed by atoms with Gasteiger partial charge in [0.05, 0.1) is 21.7 Å². The summed E-state index contributed by atoms with van der Waals surface area (Å²) in [4.78, 5) is 27.5. The molecule has 6 heteroatoms. The number of aromatic nitrogens is 3. The molecule has 0 bridgehead atoms. The molecule has 0 aliphatic rings. The van der Waals surface area contributed by atoms with Crippen LogP contribution in [0.3, 0.4) is 0 Å². The van der Waals surface area contributed by atoms with Crippen LogP contribution in [0.4, 0.5) is 0 Å². The molecule has 0 amide bonds. The molecule has 0 spiro atoms. The van der Waals surface area contributed by atoms with Gasteiger partial charge in [0.25, 0.3) is 0 Å². The minimum Gasteiger partial charge on any atom is -0.322 e. The van der Waals surface area contributed by atoms with E-state index in [1.54, 1.807) is 12.1 Å². The lowest BCUT2D eigenvalue weighted by molar-refractivity contribution is 1.07. The minimum atomic E-state index is -0.688. The maximum atomic E-state index is 11.3. The molecule has 5 nitrogen and oxygen atoms in total. The average Bonchev–Trinajstić information content (AvgIpc) is 2.84. The normalized spacial score (nSPS) is 10.9. The Morgan fingerprint density at radius 2 is 1.50 bits per heavy atom. The van der Waals surface area contributed by atoms with Crippen LogP contribution in [0.5, 0.6) is 0 Å². The molecular weight excluding hydrogens is 254 g/mol. The second-order valence-electron chi connectivity index (χ2n) is 3.85. The number of hydrogen-bond acceptors (Lipinski definition) is 2. The highest BCUT2D eigenvalue weighted by atomic mass is 35.5. The predicted octanol–water partition coefficient (Wildman–Crippen LogP) is 1.66. The quantitative estimate of drug-likeness (QED) is 0.654. The number of aromatic amines is 2. The number of benzene rings is 1. The molecule has 2 N–H and O–H groups in total. The van der Waals surface area contributed by atoms with Crippen molar-refractivity contribution in [2.75, 3.05) is 0 Å². The zero-order valence-electron chi connectivity index (χ0n) is 9.11. The average molecular weight is 262 g/mol. The van der Waals surface area contributed by atoms with Gasteiger partial charge in [0.2, 0.25) is 0 Å². The maximum Gasteiger partial charge on any atom is 0.314 e. The summed E-state index contributed by atoms with van der Waals surface area (Å²) in [6, 6.07) is 7.07. The Kier molecular flexibility index (Phi) is 2.34. The largest absolute Gasteiger partial charge is 0.322 e. The standard InChI is InChI=1S/C12H8ClN3O2/c13-7-5-8-9(15-12(18)11(17)14-8)6-10(7)16-3-1-2-4-16/h1-6H,(H,14,17)(H,15,18). The van der Waals surface area contributed by atoms with Gasteiger partial charge in [-0.2, -0.15) is 0 Å². The number of halogens is 1. The fourth-order valence-electron chi connectivity index (χ4n) is 1.82. The molecule has 0 saturated carbocycles. The molecule has 0 aliphatic heterocycles. The molecule has 2 heterocycles. The second-order valence-corrected chi connectivity index (χ2v) is 4.25. The zero-order valence-corrected chi connectivity index (χ0v) is 9.86. The Morgan fingerprint density at radius 3 is 2.11 bits per heavy atom. The van der Waals surface area contributed by atoms with Gasteiger partial charge >= 0.3 is 11.1 Å². The molecule has 0 radical (unpaired) electrons. The van der Waals surface area contributed by atoms with E-state index in [0.717, 1.165) is 5.69 Å². The molecule has 3 rings (SSSR count). The van der Waals surface area contributed by atoms with E-state index in [2.05, 4.69) is 9.97 Å². The smallest absolute Gasteiger partial charge is 0.314 e. The van der Waals surface area contributed by atoms with Crippen LogP contribution < -0.4 is 11.1 Å². The van der Waals surface area contributed by atoms with Gasteiger partial charge in [0, 0.05) is 12.4 Å². The number of fused-ring (bicyclic) bond motifs is 1. The van der Waals surface area contributed by atoms with Gasteiger partial charge in [0.1, 0.15) is 0 Å². The SMILES string of the molecule is O=c1[nH]c2cc(Cl)c(-n3cccc3)cc2[nH]c1=O. The van der Waals surface area contributed by atoms with Crippen molar-refractivity contribution in [3.8, 4) is 5.69 Å². The summed E-state index contributed by atoms with van der Waals surface area (Å²) >= 11 is 6.15. The first-order chi connectivity index (χ1) is 8.65. The van der Waals surface area contributed by atoms with Crippen molar-refractivity contribution < 1.29 is 0 Å². The van der Waals surface area contributed by atoms with Crippen LogP contribution in [0.15, 0.2) is 46.2 Å². The topological polar surface area (TPSA) is 70.7 Å². The lowest BCUT2D eigenvalue weighted by Crippen LogP contribution is -2.28. The lowest BCUT2D eigenvalue weighted by atomic mass is 10.2. The Bertz CT molecular complexity index is 831. The van der Waals surface area contributed by atoms with E-state index in [1.165, 1.54) is 0 Å².